The summed E-state index contributed by atoms with van der Waals surface area (Å²) in [5.74, 6) is 1.83. The van der Waals surface area contributed by atoms with Gasteiger partial charge in [0.1, 0.15) is 18.3 Å². The summed E-state index contributed by atoms with van der Waals surface area (Å²) in [6.07, 6.45) is 0. The predicted molar refractivity (Wildman–Crippen MR) is 89.6 cm³/mol. The highest BCUT2D eigenvalue weighted by Gasteiger charge is 2.11. The van der Waals surface area contributed by atoms with Crippen molar-refractivity contribution >= 4 is 11.6 Å². The van der Waals surface area contributed by atoms with Crippen molar-refractivity contribution in [2.24, 2.45) is 0 Å². The van der Waals surface area contributed by atoms with Gasteiger partial charge in [-0.15, -0.1) is 0 Å². The first-order valence-electron chi connectivity index (χ1n) is 7.45. The summed E-state index contributed by atoms with van der Waals surface area (Å²) < 4.78 is 5.92. The van der Waals surface area contributed by atoms with Crippen LogP contribution < -0.4 is 5.32 Å². The second kappa shape index (κ2) is 6.82. The Kier molecular flexibility index (Phi) is 4.62. The van der Waals surface area contributed by atoms with Crippen LogP contribution in [0.2, 0.25) is 5.02 Å². The molecular formula is C19H19ClNO+. The van der Waals surface area contributed by atoms with Gasteiger partial charge in [0, 0.05) is 16.1 Å². The van der Waals surface area contributed by atoms with Gasteiger partial charge in [-0.3, -0.25) is 0 Å². The summed E-state index contributed by atoms with van der Waals surface area (Å²) in [5.41, 5.74) is 2.33. The van der Waals surface area contributed by atoms with Crippen LogP contribution in [0.4, 0.5) is 0 Å². The molecule has 3 rings (SSSR count). The van der Waals surface area contributed by atoms with E-state index < -0.39 is 0 Å². The Hall–Kier alpha value is -2.03. The Balaban J connectivity index is 1.65. The molecule has 0 aliphatic rings. The average molecular weight is 313 g/mol. The molecule has 1 atom stereocenters. The van der Waals surface area contributed by atoms with Crippen LogP contribution in [-0.4, -0.2) is 0 Å². The first kappa shape index (κ1) is 14.9. The molecule has 2 aromatic carbocycles. The molecular weight excluding hydrogens is 294 g/mol. The monoisotopic (exact) mass is 312 g/mol. The molecule has 2 nitrogen and oxygen atoms in total. The fraction of sp³-hybridized carbons (Fsp3) is 0.158. The van der Waals surface area contributed by atoms with E-state index in [9.17, 15) is 0 Å². The van der Waals surface area contributed by atoms with Gasteiger partial charge in [-0.2, -0.15) is 0 Å². The van der Waals surface area contributed by atoms with Crippen molar-refractivity contribution in [3.05, 3.63) is 83.1 Å². The maximum absolute atomic E-state index is 6.02. The molecule has 0 unspecified atom stereocenters. The molecule has 0 aliphatic carbocycles. The maximum Gasteiger partial charge on any atom is 0.158 e. The zero-order valence-electron chi connectivity index (χ0n) is 12.5. The highest BCUT2D eigenvalue weighted by Crippen LogP contribution is 2.24. The molecule has 0 spiro atoms. The quantitative estimate of drug-likeness (QED) is 0.742. The Morgan fingerprint density at radius 3 is 2.59 bits per heavy atom. The van der Waals surface area contributed by atoms with Crippen LogP contribution in [0, 0.1) is 0 Å². The smallest absolute Gasteiger partial charge is 0.158 e. The summed E-state index contributed by atoms with van der Waals surface area (Å²) in [4.78, 5) is 0. The number of quaternary nitrogens is 1. The van der Waals surface area contributed by atoms with Gasteiger partial charge in [0.05, 0.1) is 0 Å². The van der Waals surface area contributed by atoms with Crippen molar-refractivity contribution in [1.82, 2.24) is 0 Å². The molecule has 0 saturated heterocycles. The van der Waals surface area contributed by atoms with Gasteiger partial charge in [-0.1, -0.05) is 54.1 Å². The lowest BCUT2D eigenvalue weighted by atomic mass is 10.1. The Bertz CT molecular complexity index is 736. The van der Waals surface area contributed by atoms with Gasteiger partial charge < -0.3 is 9.73 Å². The highest BCUT2D eigenvalue weighted by atomic mass is 35.5. The second-order valence-corrected chi connectivity index (χ2v) is 5.85. The minimum atomic E-state index is 0.404. The van der Waals surface area contributed by atoms with Crippen molar-refractivity contribution in [3.63, 3.8) is 0 Å². The normalized spacial score (nSPS) is 12.3. The van der Waals surface area contributed by atoms with Crippen molar-refractivity contribution < 1.29 is 9.73 Å². The molecule has 1 aromatic heterocycles. The van der Waals surface area contributed by atoms with E-state index in [1.54, 1.807) is 0 Å². The third-order valence-electron chi connectivity index (χ3n) is 3.77. The average Bonchev–Trinajstić information content (AvgIpc) is 3.02. The minimum Gasteiger partial charge on any atom is -0.455 e. The van der Waals surface area contributed by atoms with E-state index in [4.69, 9.17) is 16.0 Å². The van der Waals surface area contributed by atoms with Gasteiger partial charge >= 0.3 is 0 Å². The molecule has 0 saturated carbocycles. The van der Waals surface area contributed by atoms with Crippen molar-refractivity contribution in [1.29, 1.82) is 0 Å². The lowest BCUT2D eigenvalue weighted by Crippen LogP contribution is -2.82. The molecule has 0 amide bonds. The zero-order chi connectivity index (χ0) is 15.4. The predicted octanol–water partition coefficient (Wildman–Crippen LogP) is 4.42. The number of nitrogens with two attached hydrogens (primary N) is 1. The number of rotatable bonds is 5. The Morgan fingerprint density at radius 2 is 1.82 bits per heavy atom. The number of hydrogen-bond donors (Lipinski definition) is 1. The molecule has 0 fully saturated rings. The van der Waals surface area contributed by atoms with E-state index in [-0.39, 0.29) is 0 Å². The van der Waals surface area contributed by atoms with Crippen LogP contribution in [0.5, 0.6) is 0 Å². The molecule has 0 bridgehead atoms. The van der Waals surface area contributed by atoms with Gasteiger partial charge in [0.2, 0.25) is 0 Å². The third kappa shape index (κ3) is 3.59. The van der Waals surface area contributed by atoms with E-state index in [1.807, 2.05) is 42.5 Å². The minimum absolute atomic E-state index is 0.404. The van der Waals surface area contributed by atoms with Crippen molar-refractivity contribution in [2.45, 2.75) is 19.5 Å². The van der Waals surface area contributed by atoms with E-state index in [0.717, 1.165) is 28.7 Å². The van der Waals surface area contributed by atoms with Crippen molar-refractivity contribution in [2.75, 3.05) is 0 Å². The van der Waals surface area contributed by atoms with E-state index in [0.29, 0.717) is 6.04 Å². The molecule has 3 aromatic rings. The van der Waals surface area contributed by atoms with E-state index in [2.05, 4.69) is 36.5 Å². The summed E-state index contributed by atoms with van der Waals surface area (Å²) in [7, 11) is 0. The SMILES string of the molecule is C[C@@H]([NH2+]Cc1ccc(-c2cccc(Cl)c2)o1)c1ccccc1. The van der Waals surface area contributed by atoms with Gasteiger partial charge in [0.25, 0.3) is 0 Å². The first-order chi connectivity index (χ1) is 10.7. The lowest BCUT2D eigenvalue weighted by molar-refractivity contribution is -0.709. The van der Waals surface area contributed by atoms with Crippen LogP contribution >= 0.6 is 11.6 Å². The van der Waals surface area contributed by atoms with E-state index >= 15 is 0 Å². The van der Waals surface area contributed by atoms with Crippen LogP contribution in [-0.2, 0) is 6.54 Å². The van der Waals surface area contributed by atoms with Gasteiger partial charge in [-0.05, 0) is 31.2 Å². The topological polar surface area (TPSA) is 29.8 Å². The summed E-state index contributed by atoms with van der Waals surface area (Å²) >= 11 is 6.02. The summed E-state index contributed by atoms with van der Waals surface area (Å²) in [6.45, 7) is 3.02. The summed E-state index contributed by atoms with van der Waals surface area (Å²) in [6, 6.07) is 22.7. The van der Waals surface area contributed by atoms with E-state index in [1.165, 1.54) is 5.56 Å². The van der Waals surface area contributed by atoms with Crippen LogP contribution in [0.15, 0.2) is 71.1 Å². The fourth-order valence-corrected chi connectivity index (χ4v) is 2.66. The highest BCUT2D eigenvalue weighted by molar-refractivity contribution is 6.30. The maximum atomic E-state index is 6.02. The van der Waals surface area contributed by atoms with Crippen LogP contribution in [0.25, 0.3) is 11.3 Å². The second-order valence-electron chi connectivity index (χ2n) is 5.42. The van der Waals surface area contributed by atoms with Crippen LogP contribution in [0.3, 0.4) is 0 Å². The molecule has 112 valence electrons. The van der Waals surface area contributed by atoms with Gasteiger partial charge in [-0.25, -0.2) is 0 Å². The first-order valence-corrected chi connectivity index (χ1v) is 7.83. The molecule has 22 heavy (non-hydrogen) atoms. The zero-order valence-corrected chi connectivity index (χ0v) is 13.3. The number of halogens is 1. The third-order valence-corrected chi connectivity index (χ3v) is 4.00. The molecule has 3 heteroatoms. The molecule has 0 aliphatic heterocycles. The Labute approximate surface area is 135 Å². The molecule has 2 N–H and O–H groups in total. The molecule has 1 heterocycles. The van der Waals surface area contributed by atoms with Crippen molar-refractivity contribution in [3.8, 4) is 11.3 Å². The number of furan rings is 1. The number of benzene rings is 2. The summed E-state index contributed by atoms with van der Waals surface area (Å²) in [5, 5.41) is 3.00. The molecule has 0 radical (unpaired) electrons. The van der Waals surface area contributed by atoms with Crippen LogP contribution in [0.1, 0.15) is 24.3 Å². The standard InChI is InChI=1S/C19H18ClNO/c1-14(15-6-3-2-4-7-15)21-13-18-10-11-19(22-18)16-8-5-9-17(20)12-16/h2-12,14,21H,13H2,1H3/p+1/t14-/m1/s1. The number of hydrogen-bond acceptors (Lipinski definition) is 1. The lowest BCUT2D eigenvalue weighted by Gasteiger charge is -2.09. The largest absolute Gasteiger partial charge is 0.455 e. The fourth-order valence-electron chi connectivity index (χ4n) is 2.47. The Morgan fingerprint density at radius 1 is 1.00 bits per heavy atom. The van der Waals surface area contributed by atoms with Gasteiger partial charge in [0.15, 0.2) is 5.76 Å².